The minimum Gasteiger partial charge on any atom is -0.268 e. The van der Waals surface area contributed by atoms with Gasteiger partial charge in [-0.25, -0.2) is 0 Å². The van der Waals surface area contributed by atoms with Crippen molar-refractivity contribution in [1.82, 2.24) is 9.78 Å². The van der Waals surface area contributed by atoms with Gasteiger partial charge in [0.2, 0.25) is 0 Å². The zero-order chi connectivity index (χ0) is 11.5. The van der Waals surface area contributed by atoms with E-state index in [-0.39, 0.29) is 11.5 Å². The van der Waals surface area contributed by atoms with Crippen LogP contribution < -0.4 is 0 Å². The van der Waals surface area contributed by atoms with E-state index in [2.05, 4.69) is 31.9 Å². The van der Waals surface area contributed by atoms with E-state index in [1.807, 2.05) is 24.0 Å². The molecule has 0 aliphatic heterocycles. The van der Waals surface area contributed by atoms with Crippen LogP contribution in [0, 0.1) is 23.7 Å². The summed E-state index contributed by atoms with van der Waals surface area (Å²) in [7, 11) is 0. The minimum atomic E-state index is 0.198. The van der Waals surface area contributed by atoms with Gasteiger partial charge < -0.3 is 0 Å². The molecule has 3 heteroatoms. The molecule has 3 nitrogen and oxygen atoms in total. The van der Waals surface area contributed by atoms with Gasteiger partial charge in [-0.3, -0.25) is 4.68 Å². The van der Waals surface area contributed by atoms with Crippen LogP contribution in [0.2, 0.25) is 0 Å². The SMILES string of the molecule is Cc1cnn(C(CC#N)CC(C)(C)C)c1. The lowest BCUT2D eigenvalue weighted by atomic mass is 9.87. The number of nitrogens with zero attached hydrogens (tertiary/aromatic N) is 3. The molecule has 0 saturated carbocycles. The van der Waals surface area contributed by atoms with Crippen LogP contribution in [0.5, 0.6) is 0 Å². The molecule has 0 bridgehead atoms. The van der Waals surface area contributed by atoms with Crippen LogP contribution in [0.1, 0.15) is 45.2 Å². The predicted molar refractivity (Wildman–Crippen MR) is 60.3 cm³/mol. The molecule has 1 aromatic heterocycles. The molecule has 0 spiro atoms. The second-order valence-corrected chi connectivity index (χ2v) is 5.28. The van der Waals surface area contributed by atoms with E-state index < -0.39 is 0 Å². The van der Waals surface area contributed by atoms with Gasteiger partial charge >= 0.3 is 0 Å². The summed E-state index contributed by atoms with van der Waals surface area (Å²) in [6.45, 7) is 8.58. The van der Waals surface area contributed by atoms with Gasteiger partial charge in [0, 0.05) is 6.20 Å². The van der Waals surface area contributed by atoms with E-state index in [4.69, 9.17) is 5.26 Å². The van der Waals surface area contributed by atoms with Crippen LogP contribution >= 0.6 is 0 Å². The molecule has 0 N–H and O–H groups in total. The molecular formula is C12H19N3. The van der Waals surface area contributed by atoms with Crippen LogP contribution in [-0.2, 0) is 0 Å². The molecule has 0 fully saturated rings. The van der Waals surface area contributed by atoms with Crippen molar-refractivity contribution in [2.75, 3.05) is 0 Å². The fraction of sp³-hybridized carbons (Fsp3) is 0.667. The maximum atomic E-state index is 8.81. The number of nitriles is 1. The van der Waals surface area contributed by atoms with Crippen LogP contribution in [0.15, 0.2) is 12.4 Å². The van der Waals surface area contributed by atoms with Crippen molar-refractivity contribution in [2.45, 2.75) is 46.6 Å². The third kappa shape index (κ3) is 3.75. The number of rotatable bonds is 3. The van der Waals surface area contributed by atoms with Crippen LogP contribution in [0.3, 0.4) is 0 Å². The van der Waals surface area contributed by atoms with Crippen molar-refractivity contribution in [3.05, 3.63) is 18.0 Å². The minimum absolute atomic E-state index is 0.198. The first-order valence-electron chi connectivity index (χ1n) is 5.30. The number of aryl methyl sites for hydroxylation is 1. The standard InChI is InChI=1S/C12H19N3/c1-10-8-14-15(9-10)11(5-6-13)7-12(2,3)4/h8-9,11H,5,7H2,1-4H3. The Bertz CT molecular complexity index is 352. The molecule has 15 heavy (non-hydrogen) atoms. The Labute approximate surface area is 91.7 Å². The molecule has 0 aromatic carbocycles. The molecule has 0 saturated heterocycles. The highest BCUT2D eigenvalue weighted by Gasteiger charge is 2.20. The van der Waals surface area contributed by atoms with Gasteiger partial charge in [0.25, 0.3) is 0 Å². The number of aromatic nitrogens is 2. The Morgan fingerprint density at radius 1 is 1.53 bits per heavy atom. The Morgan fingerprint density at radius 2 is 2.20 bits per heavy atom. The van der Waals surface area contributed by atoms with Gasteiger partial charge in [-0.15, -0.1) is 0 Å². The summed E-state index contributed by atoms with van der Waals surface area (Å²) < 4.78 is 1.92. The normalized spacial score (nSPS) is 13.5. The summed E-state index contributed by atoms with van der Waals surface area (Å²) in [6, 6.07) is 2.44. The maximum Gasteiger partial charge on any atom is 0.0654 e. The van der Waals surface area contributed by atoms with Crippen molar-refractivity contribution in [3.63, 3.8) is 0 Å². The molecule has 0 aliphatic rings. The summed E-state index contributed by atoms with van der Waals surface area (Å²) in [5.41, 5.74) is 1.37. The molecule has 1 aromatic rings. The Hall–Kier alpha value is -1.30. The van der Waals surface area contributed by atoms with E-state index in [0.29, 0.717) is 6.42 Å². The lowest BCUT2D eigenvalue weighted by molar-refractivity contribution is 0.281. The van der Waals surface area contributed by atoms with Crippen molar-refractivity contribution < 1.29 is 0 Å². The summed E-state index contributed by atoms with van der Waals surface area (Å²) >= 11 is 0. The van der Waals surface area contributed by atoms with Gasteiger partial charge in [0.1, 0.15) is 0 Å². The lowest BCUT2D eigenvalue weighted by Gasteiger charge is -2.24. The molecular weight excluding hydrogens is 186 g/mol. The highest BCUT2D eigenvalue weighted by molar-refractivity contribution is 5.01. The monoisotopic (exact) mass is 205 g/mol. The van der Waals surface area contributed by atoms with Crippen molar-refractivity contribution in [2.24, 2.45) is 5.41 Å². The quantitative estimate of drug-likeness (QED) is 0.761. The highest BCUT2D eigenvalue weighted by Crippen LogP contribution is 2.29. The van der Waals surface area contributed by atoms with Crippen LogP contribution in [-0.4, -0.2) is 9.78 Å². The molecule has 1 unspecified atom stereocenters. The zero-order valence-electron chi connectivity index (χ0n) is 9.99. The second kappa shape index (κ2) is 4.48. The number of hydrogen-bond acceptors (Lipinski definition) is 2. The smallest absolute Gasteiger partial charge is 0.0654 e. The first-order valence-corrected chi connectivity index (χ1v) is 5.30. The molecule has 0 radical (unpaired) electrons. The Balaban J connectivity index is 2.80. The second-order valence-electron chi connectivity index (χ2n) is 5.28. The van der Waals surface area contributed by atoms with Crippen molar-refractivity contribution in [3.8, 4) is 6.07 Å². The van der Waals surface area contributed by atoms with Crippen LogP contribution in [0.25, 0.3) is 0 Å². The average molecular weight is 205 g/mol. The topological polar surface area (TPSA) is 41.6 Å². The van der Waals surface area contributed by atoms with Crippen LogP contribution in [0.4, 0.5) is 0 Å². The largest absolute Gasteiger partial charge is 0.268 e. The Kier molecular flexibility index (Phi) is 3.52. The highest BCUT2D eigenvalue weighted by atomic mass is 15.3. The lowest BCUT2D eigenvalue weighted by Crippen LogP contribution is -2.17. The van der Waals surface area contributed by atoms with E-state index in [1.54, 1.807) is 0 Å². The first-order chi connectivity index (χ1) is 6.92. The molecule has 1 atom stereocenters. The third-order valence-electron chi connectivity index (χ3n) is 2.28. The summed E-state index contributed by atoms with van der Waals surface area (Å²) in [4.78, 5) is 0. The van der Waals surface area contributed by atoms with Gasteiger partial charge in [0.15, 0.2) is 0 Å². The first kappa shape index (κ1) is 11.8. The molecule has 0 aliphatic carbocycles. The van der Waals surface area contributed by atoms with E-state index in [9.17, 15) is 0 Å². The fourth-order valence-corrected chi connectivity index (χ4v) is 1.70. The summed E-state index contributed by atoms with van der Waals surface area (Å²) in [6.07, 6.45) is 5.35. The fourth-order valence-electron chi connectivity index (χ4n) is 1.70. The van der Waals surface area contributed by atoms with E-state index in [0.717, 1.165) is 12.0 Å². The van der Waals surface area contributed by atoms with Crippen molar-refractivity contribution >= 4 is 0 Å². The summed E-state index contributed by atoms with van der Waals surface area (Å²) in [5, 5.41) is 13.1. The van der Waals surface area contributed by atoms with Gasteiger partial charge in [-0.1, -0.05) is 20.8 Å². The molecule has 1 heterocycles. The third-order valence-corrected chi connectivity index (χ3v) is 2.28. The Morgan fingerprint density at radius 3 is 2.60 bits per heavy atom. The zero-order valence-corrected chi connectivity index (χ0v) is 9.99. The van der Waals surface area contributed by atoms with E-state index >= 15 is 0 Å². The van der Waals surface area contributed by atoms with Gasteiger partial charge in [-0.2, -0.15) is 10.4 Å². The van der Waals surface area contributed by atoms with Gasteiger partial charge in [-0.05, 0) is 24.3 Å². The van der Waals surface area contributed by atoms with Crippen molar-refractivity contribution in [1.29, 1.82) is 5.26 Å². The maximum absolute atomic E-state index is 8.81. The molecule has 82 valence electrons. The van der Waals surface area contributed by atoms with E-state index in [1.165, 1.54) is 0 Å². The van der Waals surface area contributed by atoms with Gasteiger partial charge in [0.05, 0.1) is 24.7 Å². The number of hydrogen-bond donors (Lipinski definition) is 0. The average Bonchev–Trinajstić information content (AvgIpc) is 2.48. The predicted octanol–water partition coefficient (Wildman–Crippen LogP) is 3.08. The molecule has 0 amide bonds. The molecule has 1 rings (SSSR count). The summed E-state index contributed by atoms with van der Waals surface area (Å²) in [5.74, 6) is 0.